The van der Waals surface area contributed by atoms with E-state index < -0.39 is 0 Å². The van der Waals surface area contributed by atoms with E-state index in [9.17, 15) is 4.79 Å². The fourth-order valence-corrected chi connectivity index (χ4v) is 3.80. The number of carbonyl (C=O) groups is 1. The van der Waals surface area contributed by atoms with Crippen molar-refractivity contribution in [1.29, 1.82) is 0 Å². The first kappa shape index (κ1) is 14.6. The lowest BCUT2D eigenvalue weighted by molar-refractivity contribution is -0.127. The molecule has 1 aromatic rings. The van der Waals surface area contributed by atoms with E-state index in [4.69, 9.17) is 4.42 Å². The smallest absolute Gasteiger partial charge is 0.219 e. The molecule has 1 saturated heterocycles. The monoisotopic (exact) mass is 290 g/mol. The summed E-state index contributed by atoms with van der Waals surface area (Å²) in [6.45, 7) is 5.37. The molecule has 1 aliphatic carbocycles. The fourth-order valence-electron chi connectivity index (χ4n) is 3.80. The van der Waals surface area contributed by atoms with E-state index in [1.54, 1.807) is 6.92 Å². The molecule has 2 fully saturated rings. The summed E-state index contributed by atoms with van der Waals surface area (Å²) >= 11 is 0. The van der Waals surface area contributed by atoms with Gasteiger partial charge in [-0.3, -0.25) is 4.79 Å². The van der Waals surface area contributed by atoms with E-state index in [-0.39, 0.29) is 5.91 Å². The fraction of sp³-hybridized carbons (Fsp3) is 0.706. The van der Waals surface area contributed by atoms with Gasteiger partial charge in [0.2, 0.25) is 5.91 Å². The summed E-state index contributed by atoms with van der Waals surface area (Å²) in [5, 5.41) is 3.78. The largest absolute Gasteiger partial charge is 0.465 e. The summed E-state index contributed by atoms with van der Waals surface area (Å²) in [6.07, 6.45) is 6.25. The Bertz CT molecular complexity index is 491. The van der Waals surface area contributed by atoms with Crippen LogP contribution in [0.15, 0.2) is 16.5 Å². The number of amides is 1. The zero-order valence-electron chi connectivity index (χ0n) is 13.1. The molecule has 0 unspecified atom stereocenters. The number of likely N-dealkylation sites (tertiary alicyclic amines) is 1. The third-order valence-corrected chi connectivity index (χ3v) is 4.99. The van der Waals surface area contributed by atoms with E-state index in [1.165, 1.54) is 25.7 Å². The van der Waals surface area contributed by atoms with Gasteiger partial charge in [-0.2, -0.15) is 0 Å². The van der Waals surface area contributed by atoms with Crippen LogP contribution in [-0.2, 0) is 4.79 Å². The van der Waals surface area contributed by atoms with Crippen molar-refractivity contribution >= 4 is 5.91 Å². The van der Waals surface area contributed by atoms with E-state index >= 15 is 0 Å². The Morgan fingerprint density at radius 1 is 1.33 bits per heavy atom. The SMILES string of the molecule is CC(=O)N1CC[C@H](N[C@H](c2ccc(C)o2)C2CCCC2)C1. The average Bonchev–Trinajstić information content (AvgIpc) is 3.17. The highest BCUT2D eigenvalue weighted by Crippen LogP contribution is 2.37. The number of hydrogen-bond acceptors (Lipinski definition) is 3. The van der Waals surface area contributed by atoms with Crippen molar-refractivity contribution in [3.8, 4) is 0 Å². The molecule has 1 amide bonds. The quantitative estimate of drug-likeness (QED) is 0.927. The van der Waals surface area contributed by atoms with Gasteiger partial charge in [0.05, 0.1) is 6.04 Å². The Morgan fingerprint density at radius 3 is 2.67 bits per heavy atom. The van der Waals surface area contributed by atoms with Crippen molar-refractivity contribution < 1.29 is 9.21 Å². The molecule has 1 N–H and O–H groups in total. The minimum Gasteiger partial charge on any atom is -0.465 e. The number of aryl methyl sites for hydroxylation is 1. The van der Waals surface area contributed by atoms with Crippen LogP contribution >= 0.6 is 0 Å². The lowest BCUT2D eigenvalue weighted by atomic mass is 9.95. The second-order valence-electron chi connectivity index (χ2n) is 6.59. The molecule has 4 nitrogen and oxygen atoms in total. The summed E-state index contributed by atoms with van der Waals surface area (Å²) in [5.41, 5.74) is 0. The zero-order chi connectivity index (χ0) is 14.8. The van der Waals surface area contributed by atoms with Gasteiger partial charge >= 0.3 is 0 Å². The molecule has 0 spiro atoms. The van der Waals surface area contributed by atoms with Gasteiger partial charge in [0.25, 0.3) is 0 Å². The Balaban J connectivity index is 1.69. The molecule has 0 bridgehead atoms. The molecular weight excluding hydrogens is 264 g/mol. The highest BCUT2D eigenvalue weighted by Gasteiger charge is 2.33. The normalized spacial score (nSPS) is 24.7. The minimum atomic E-state index is 0.186. The van der Waals surface area contributed by atoms with Gasteiger partial charge < -0.3 is 14.6 Å². The van der Waals surface area contributed by atoms with Crippen LogP contribution in [0, 0.1) is 12.8 Å². The summed E-state index contributed by atoms with van der Waals surface area (Å²) in [5.74, 6) is 2.90. The first-order chi connectivity index (χ1) is 10.1. The Kier molecular flexibility index (Phi) is 4.34. The summed E-state index contributed by atoms with van der Waals surface area (Å²) in [4.78, 5) is 13.4. The van der Waals surface area contributed by atoms with Crippen LogP contribution in [0.2, 0.25) is 0 Å². The maximum absolute atomic E-state index is 11.5. The van der Waals surface area contributed by atoms with Crippen LogP contribution < -0.4 is 5.32 Å². The average molecular weight is 290 g/mol. The molecule has 1 aromatic heterocycles. The van der Waals surface area contributed by atoms with Gasteiger partial charge in [0.1, 0.15) is 11.5 Å². The molecule has 2 atom stereocenters. The van der Waals surface area contributed by atoms with Crippen molar-refractivity contribution in [3.63, 3.8) is 0 Å². The van der Waals surface area contributed by atoms with Crippen molar-refractivity contribution in [2.75, 3.05) is 13.1 Å². The maximum Gasteiger partial charge on any atom is 0.219 e. The summed E-state index contributed by atoms with van der Waals surface area (Å²) in [7, 11) is 0. The van der Waals surface area contributed by atoms with E-state index in [1.807, 2.05) is 11.8 Å². The molecule has 1 saturated carbocycles. The molecule has 0 aromatic carbocycles. The molecule has 116 valence electrons. The lowest BCUT2D eigenvalue weighted by Crippen LogP contribution is -2.38. The molecule has 3 rings (SSSR count). The zero-order valence-corrected chi connectivity index (χ0v) is 13.1. The van der Waals surface area contributed by atoms with Crippen molar-refractivity contribution in [3.05, 3.63) is 23.7 Å². The van der Waals surface area contributed by atoms with Crippen LogP contribution in [0.1, 0.15) is 56.6 Å². The molecule has 2 aliphatic rings. The predicted octanol–water partition coefficient (Wildman–Crippen LogP) is 3.03. The van der Waals surface area contributed by atoms with Crippen molar-refractivity contribution in [2.24, 2.45) is 5.92 Å². The molecule has 4 heteroatoms. The number of nitrogens with one attached hydrogen (secondary N) is 1. The first-order valence-corrected chi connectivity index (χ1v) is 8.21. The van der Waals surface area contributed by atoms with E-state index in [0.717, 1.165) is 31.0 Å². The molecule has 2 heterocycles. The predicted molar refractivity (Wildman–Crippen MR) is 81.9 cm³/mol. The second kappa shape index (κ2) is 6.22. The van der Waals surface area contributed by atoms with Crippen LogP contribution in [0.5, 0.6) is 0 Å². The molecule has 1 aliphatic heterocycles. The molecule has 0 radical (unpaired) electrons. The van der Waals surface area contributed by atoms with Crippen LogP contribution in [0.25, 0.3) is 0 Å². The lowest BCUT2D eigenvalue weighted by Gasteiger charge is -2.26. The number of hydrogen-bond donors (Lipinski definition) is 1. The van der Waals surface area contributed by atoms with Gasteiger partial charge in [0.15, 0.2) is 0 Å². The van der Waals surface area contributed by atoms with Gasteiger partial charge in [-0.1, -0.05) is 12.8 Å². The molecule has 21 heavy (non-hydrogen) atoms. The Morgan fingerprint density at radius 2 is 2.10 bits per heavy atom. The van der Waals surface area contributed by atoms with Crippen LogP contribution in [0.4, 0.5) is 0 Å². The van der Waals surface area contributed by atoms with Crippen molar-refractivity contribution in [2.45, 2.75) is 58.0 Å². The highest BCUT2D eigenvalue weighted by atomic mass is 16.3. The van der Waals surface area contributed by atoms with Crippen molar-refractivity contribution in [1.82, 2.24) is 10.2 Å². The summed E-state index contributed by atoms with van der Waals surface area (Å²) < 4.78 is 5.90. The third kappa shape index (κ3) is 3.31. The summed E-state index contributed by atoms with van der Waals surface area (Å²) in [6, 6.07) is 4.86. The number of carbonyl (C=O) groups excluding carboxylic acids is 1. The number of nitrogens with zero attached hydrogens (tertiary/aromatic N) is 1. The van der Waals surface area contributed by atoms with Gasteiger partial charge in [-0.05, 0) is 44.2 Å². The molecular formula is C17H26N2O2. The Hall–Kier alpha value is -1.29. The van der Waals surface area contributed by atoms with Gasteiger partial charge in [0, 0.05) is 26.1 Å². The van der Waals surface area contributed by atoms with E-state index in [2.05, 4.69) is 17.4 Å². The Labute approximate surface area is 126 Å². The van der Waals surface area contributed by atoms with Crippen LogP contribution in [-0.4, -0.2) is 29.9 Å². The third-order valence-electron chi connectivity index (χ3n) is 4.99. The van der Waals surface area contributed by atoms with Gasteiger partial charge in [-0.15, -0.1) is 0 Å². The minimum absolute atomic E-state index is 0.186. The second-order valence-corrected chi connectivity index (χ2v) is 6.59. The van der Waals surface area contributed by atoms with E-state index in [0.29, 0.717) is 18.0 Å². The standard InChI is InChI=1S/C17H26N2O2/c1-12-7-8-16(21-12)17(14-5-3-4-6-14)18-15-9-10-19(11-15)13(2)20/h7-8,14-15,17-18H,3-6,9-11H2,1-2H3/t15-,17-/m0/s1. The van der Waals surface area contributed by atoms with Crippen LogP contribution in [0.3, 0.4) is 0 Å². The first-order valence-electron chi connectivity index (χ1n) is 8.21. The number of rotatable bonds is 4. The topological polar surface area (TPSA) is 45.5 Å². The number of furan rings is 1. The maximum atomic E-state index is 11.5. The highest BCUT2D eigenvalue weighted by molar-refractivity contribution is 5.73. The van der Waals surface area contributed by atoms with Gasteiger partial charge in [-0.25, -0.2) is 0 Å².